The molecule has 6 aromatic carbocycles. The van der Waals surface area contributed by atoms with Crippen LogP contribution < -0.4 is 39.2 Å². The van der Waals surface area contributed by atoms with Gasteiger partial charge in [0.2, 0.25) is 0 Å². The molecule has 101 heavy (non-hydrogen) atoms. The van der Waals surface area contributed by atoms with Crippen molar-refractivity contribution in [3.8, 4) is 0 Å². The highest BCUT2D eigenvalue weighted by Gasteiger charge is 2.05. The zero-order valence-electron chi connectivity index (χ0n) is 66.0. The lowest BCUT2D eigenvalue weighted by Gasteiger charge is -2.13. The molecule has 600 valence electrons. The molecule has 0 saturated carbocycles. The number of para-hydroxylation sites is 6. The van der Waals surface area contributed by atoms with E-state index in [-0.39, 0.29) is 66.8 Å². The number of nitrogens with one attached hydrogen (secondary N) is 8. The summed E-state index contributed by atoms with van der Waals surface area (Å²) in [5, 5.41) is 0. The lowest BCUT2D eigenvalue weighted by molar-refractivity contribution is -0.856. The average Bonchev–Trinajstić information content (AvgIpc) is 1.04. The molecule has 8 N–H and O–H groups in total. The van der Waals surface area contributed by atoms with Gasteiger partial charge in [0, 0.05) is 0 Å². The van der Waals surface area contributed by atoms with Crippen LogP contribution in [-0.2, 0) is 0 Å². The van der Waals surface area contributed by atoms with Gasteiger partial charge in [-0.3, -0.25) is 0 Å². The molecular weight excluding hydrogens is 1240 g/mol. The number of hydrogen-bond donors (Lipinski definition) is 8. The smallest absolute Gasteiger partial charge is 0.131 e. The summed E-state index contributed by atoms with van der Waals surface area (Å²) in [6, 6.07) is 63.2. The zero-order chi connectivity index (χ0) is 71.5. The van der Waals surface area contributed by atoms with Crippen LogP contribution in [0.4, 0.5) is 34.1 Å². The first-order valence-corrected chi connectivity index (χ1v) is 35.3. The van der Waals surface area contributed by atoms with Crippen molar-refractivity contribution in [2.24, 2.45) is 0 Å². The van der Waals surface area contributed by atoms with Crippen LogP contribution in [0.15, 0.2) is 182 Å². The maximum absolute atomic E-state index is 2.25. The van der Waals surface area contributed by atoms with Crippen molar-refractivity contribution in [3.63, 3.8) is 0 Å². The minimum atomic E-state index is 0. The van der Waals surface area contributed by atoms with Crippen LogP contribution in [0.25, 0.3) is 0 Å². The van der Waals surface area contributed by atoms with E-state index in [2.05, 4.69) is 381 Å². The van der Waals surface area contributed by atoms with E-state index in [0.717, 1.165) is 65.4 Å². The Balaban J connectivity index is -0.0000000617. The SMILES string of the molecule is C.C.C.C.C.C.C.C.C.CCN(C)C.CCN(C)C.CCN(C)C.CCN(C)CC.CC[NH+](C)C.CC[NH+](C)C.CC[NH+](C)c1ccccc1.CC[NH+](C)c1ccccc1.CC[NH+](C)c1ccccc1.CC[NH+](C)c1ccccc1.CC[NH+](C)c1ccccc1.CC[NH+](CC)c1ccccc1. The molecule has 0 fully saturated rings. The fraction of sp³-hybridized carbons (Fsp3) is 0.596. The fourth-order valence-electron chi connectivity index (χ4n) is 6.19. The molecule has 0 radical (unpaired) electrons. The maximum atomic E-state index is 2.25. The number of quaternary nitrogens is 8. The molecule has 0 amide bonds. The van der Waals surface area contributed by atoms with E-state index in [1.54, 1.807) is 4.90 Å². The molecule has 6 aromatic rings. The van der Waals surface area contributed by atoms with Gasteiger partial charge in [0.05, 0.1) is 122 Å². The van der Waals surface area contributed by atoms with Crippen LogP contribution in [0, 0.1) is 0 Å². The van der Waals surface area contributed by atoms with Crippen LogP contribution in [0.3, 0.4) is 0 Å². The summed E-state index contributed by atoms with van der Waals surface area (Å²) in [5.74, 6) is 0. The van der Waals surface area contributed by atoms with Gasteiger partial charge in [-0.1, -0.05) is 211 Å². The van der Waals surface area contributed by atoms with Crippen molar-refractivity contribution in [2.45, 2.75) is 164 Å². The molecule has 0 aliphatic rings. The summed E-state index contributed by atoms with van der Waals surface area (Å²) in [4.78, 5) is 20.5. The van der Waals surface area contributed by atoms with Gasteiger partial charge in [0.1, 0.15) is 34.1 Å². The number of benzene rings is 6. The Labute approximate surface area is 639 Å². The molecule has 0 aliphatic heterocycles. The highest BCUT2D eigenvalue weighted by Crippen LogP contribution is 2.01. The fourth-order valence-corrected chi connectivity index (χ4v) is 6.19. The van der Waals surface area contributed by atoms with E-state index in [1.807, 2.05) is 30.3 Å². The first-order chi connectivity index (χ1) is 43.8. The second kappa shape index (κ2) is 96.9. The van der Waals surface area contributed by atoms with E-state index in [9.17, 15) is 0 Å². The Bertz CT molecular complexity index is 1940. The van der Waals surface area contributed by atoms with Crippen LogP contribution >= 0.6 is 0 Å². The van der Waals surface area contributed by atoms with Crippen molar-refractivity contribution < 1.29 is 39.2 Å². The summed E-state index contributed by atoms with van der Waals surface area (Å²) < 4.78 is 0. The topological polar surface area (TPSA) is 48.5 Å². The van der Waals surface area contributed by atoms with Gasteiger partial charge in [-0.25, -0.2) is 0 Å². The first kappa shape index (κ1) is 132. The molecule has 6 rings (SSSR count). The van der Waals surface area contributed by atoms with Crippen molar-refractivity contribution >= 4 is 34.1 Å². The monoisotopic (exact) mass is 1430 g/mol. The van der Waals surface area contributed by atoms with Gasteiger partial charge in [-0.05, 0) is 217 Å². The molecule has 0 aliphatic carbocycles. The van der Waals surface area contributed by atoms with Crippen LogP contribution in [0.1, 0.15) is 164 Å². The van der Waals surface area contributed by atoms with E-state index < -0.39 is 0 Å². The van der Waals surface area contributed by atoms with Gasteiger partial charge in [-0.2, -0.15) is 0 Å². The van der Waals surface area contributed by atoms with E-state index in [4.69, 9.17) is 0 Å². The minimum Gasteiger partial charge on any atom is -0.340 e. The summed E-state index contributed by atoms with van der Waals surface area (Å²) in [7, 11) is 33.9. The first-order valence-electron chi connectivity index (χ1n) is 35.3. The maximum Gasteiger partial charge on any atom is 0.131 e. The Morgan fingerprint density at radius 1 is 0.198 bits per heavy atom. The van der Waals surface area contributed by atoms with E-state index in [0.29, 0.717) is 0 Å². The largest absolute Gasteiger partial charge is 0.340 e. The summed E-state index contributed by atoms with van der Waals surface area (Å²) >= 11 is 0. The summed E-state index contributed by atoms with van der Waals surface area (Å²) in [6.07, 6.45) is 0. The highest BCUT2D eigenvalue weighted by atomic mass is 15.1. The molecule has 12 nitrogen and oxygen atoms in total. The normalized spacial score (nSPS) is 10.5. The molecule has 0 aromatic heterocycles. The molecule has 5 atom stereocenters. The predicted molar refractivity (Wildman–Crippen MR) is 475 cm³/mol. The quantitative estimate of drug-likeness (QED) is 0.0393. The van der Waals surface area contributed by atoms with E-state index >= 15 is 0 Å². The summed E-state index contributed by atoms with van der Waals surface area (Å²) in [5.41, 5.74) is 8.23. The van der Waals surface area contributed by atoms with Crippen molar-refractivity contribution in [1.82, 2.24) is 19.6 Å². The van der Waals surface area contributed by atoms with Crippen molar-refractivity contribution in [2.75, 3.05) is 204 Å². The molecule has 0 bridgehead atoms. The average molecular weight is 1430 g/mol. The number of nitrogens with zero attached hydrogens (tertiary/aromatic N) is 4. The second-order valence-electron chi connectivity index (χ2n) is 24.0. The Hall–Kier alpha value is -5.16. The van der Waals surface area contributed by atoms with Crippen LogP contribution in [0.2, 0.25) is 0 Å². The molecular formula is C89H192N12+8. The Morgan fingerprint density at radius 2 is 0.327 bits per heavy atom. The minimum absolute atomic E-state index is 0. The molecule has 0 spiro atoms. The van der Waals surface area contributed by atoms with Crippen LogP contribution in [-0.4, -0.2) is 224 Å². The van der Waals surface area contributed by atoms with Crippen molar-refractivity contribution in [1.29, 1.82) is 0 Å². The second-order valence-corrected chi connectivity index (χ2v) is 24.0. The molecule has 12 heteroatoms. The van der Waals surface area contributed by atoms with Crippen molar-refractivity contribution in [3.05, 3.63) is 182 Å². The molecule has 0 heterocycles. The van der Waals surface area contributed by atoms with E-state index in [1.165, 1.54) is 94.6 Å². The third kappa shape index (κ3) is 90.9. The Kier molecular flexibility index (Phi) is 127. The van der Waals surface area contributed by atoms with Gasteiger partial charge in [0.15, 0.2) is 0 Å². The summed E-state index contributed by atoms with van der Waals surface area (Å²) in [6.45, 7) is 46.6. The van der Waals surface area contributed by atoms with Gasteiger partial charge in [0.25, 0.3) is 0 Å². The van der Waals surface area contributed by atoms with Gasteiger partial charge in [-0.15, -0.1) is 0 Å². The Morgan fingerprint density at radius 3 is 0.406 bits per heavy atom. The molecule has 5 unspecified atom stereocenters. The van der Waals surface area contributed by atoms with Gasteiger partial charge < -0.3 is 58.8 Å². The van der Waals surface area contributed by atoms with Crippen LogP contribution in [0.5, 0.6) is 0 Å². The lowest BCUT2D eigenvalue weighted by atomic mass is 10.3. The highest BCUT2D eigenvalue weighted by molar-refractivity contribution is 5.30. The number of hydrogen-bond acceptors (Lipinski definition) is 4. The number of rotatable bonds is 20. The predicted octanol–water partition coefficient (Wildman–Crippen LogP) is 12.2. The lowest BCUT2D eigenvalue weighted by Crippen LogP contribution is -3.06. The van der Waals surface area contributed by atoms with Gasteiger partial charge >= 0.3 is 0 Å². The third-order valence-corrected chi connectivity index (χ3v) is 15.4. The molecule has 0 saturated heterocycles. The third-order valence-electron chi connectivity index (χ3n) is 15.4. The standard InChI is InChI=1S/C10H15N.5C9H13N.C5H13N.5C4H11N.9CH4/c1-3-11(4-2)10-8-6-5-7-9-10;5*1-3-10(2)9-7-5-4-6-8-9;1-4-6(3)5-2;5*1-4-5(2)3;;;;;;;;;/h5-9H,3-4H2,1-2H3;5*4-8H,3H2,1-2H3;4-5H2,1-3H3;5*4H2,1-3H3;9*1H4/p+8. The zero-order valence-corrected chi connectivity index (χ0v) is 66.0.